The van der Waals surface area contributed by atoms with E-state index in [1.807, 2.05) is 37.1 Å². The molecule has 102 valence electrons. The zero-order valence-electron chi connectivity index (χ0n) is 12.4. The normalized spacial score (nSPS) is 22.0. The Morgan fingerprint density at radius 1 is 1.26 bits per heavy atom. The van der Waals surface area contributed by atoms with Crippen molar-refractivity contribution in [1.82, 2.24) is 4.90 Å². The van der Waals surface area contributed by atoms with E-state index in [9.17, 15) is 4.79 Å². The SMILES string of the molecule is C=C1CC(C)(C(C)=O)C(=C)N1C.Cc1ccccc1. The summed E-state index contributed by atoms with van der Waals surface area (Å²) in [6.45, 7) is 13.4. The molecule has 1 fully saturated rings. The van der Waals surface area contributed by atoms with Crippen LogP contribution in [0.2, 0.25) is 0 Å². The van der Waals surface area contributed by atoms with E-state index < -0.39 is 5.41 Å². The molecule has 0 bridgehead atoms. The Morgan fingerprint density at radius 3 is 2.00 bits per heavy atom. The number of allylic oxidation sites excluding steroid dienone is 2. The lowest BCUT2D eigenvalue weighted by Crippen LogP contribution is -2.25. The third kappa shape index (κ3) is 3.34. The Labute approximate surface area is 116 Å². The molecule has 1 aromatic rings. The van der Waals surface area contributed by atoms with E-state index in [1.165, 1.54) is 5.56 Å². The summed E-state index contributed by atoms with van der Waals surface area (Å²) in [5.41, 5.74) is 2.74. The number of carbonyl (C=O) groups is 1. The monoisotopic (exact) mass is 257 g/mol. The van der Waals surface area contributed by atoms with Crippen molar-refractivity contribution in [2.24, 2.45) is 5.41 Å². The second-order valence-electron chi connectivity index (χ2n) is 5.29. The number of hydrogen-bond donors (Lipinski definition) is 0. The predicted molar refractivity (Wildman–Crippen MR) is 80.6 cm³/mol. The fraction of sp³-hybridized carbons (Fsp3) is 0.353. The van der Waals surface area contributed by atoms with Crippen molar-refractivity contribution in [1.29, 1.82) is 0 Å². The first kappa shape index (κ1) is 15.2. The third-order valence-electron chi connectivity index (χ3n) is 3.79. The van der Waals surface area contributed by atoms with Crippen LogP contribution < -0.4 is 0 Å². The molecule has 2 nitrogen and oxygen atoms in total. The van der Waals surface area contributed by atoms with Crippen LogP contribution in [-0.4, -0.2) is 17.7 Å². The molecule has 1 unspecified atom stereocenters. The second-order valence-corrected chi connectivity index (χ2v) is 5.29. The molecule has 0 spiro atoms. The topological polar surface area (TPSA) is 20.3 Å². The van der Waals surface area contributed by atoms with E-state index in [-0.39, 0.29) is 5.78 Å². The number of aryl methyl sites for hydroxylation is 1. The van der Waals surface area contributed by atoms with Gasteiger partial charge in [0.2, 0.25) is 0 Å². The van der Waals surface area contributed by atoms with Crippen LogP contribution in [0.3, 0.4) is 0 Å². The van der Waals surface area contributed by atoms with Gasteiger partial charge in [0.05, 0.1) is 5.41 Å². The zero-order valence-corrected chi connectivity index (χ0v) is 12.4. The molecule has 1 atom stereocenters. The number of benzene rings is 1. The van der Waals surface area contributed by atoms with Gasteiger partial charge in [0.25, 0.3) is 0 Å². The highest BCUT2D eigenvalue weighted by Crippen LogP contribution is 2.43. The number of likely N-dealkylation sites (tertiary alicyclic amines) is 1. The van der Waals surface area contributed by atoms with Crippen molar-refractivity contribution in [3.63, 3.8) is 0 Å². The lowest BCUT2D eigenvalue weighted by atomic mass is 9.83. The van der Waals surface area contributed by atoms with Crippen molar-refractivity contribution >= 4 is 5.78 Å². The Kier molecular flexibility index (Phi) is 4.71. The molecule has 1 aliphatic rings. The lowest BCUT2D eigenvalue weighted by molar-refractivity contribution is -0.123. The van der Waals surface area contributed by atoms with E-state index in [1.54, 1.807) is 6.92 Å². The average Bonchev–Trinajstić information content (AvgIpc) is 2.56. The molecule has 2 heteroatoms. The average molecular weight is 257 g/mol. The maximum absolute atomic E-state index is 11.3. The number of Topliss-reactive ketones (excluding diaryl/α,β-unsaturated/α-hetero) is 1. The molecule has 19 heavy (non-hydrogen) atoms. The number of hydrogen-bond acceptors (Lipinski definition) is 2. The highest BCUT2D eigenvalue weighted by molar-refractivity contribution is 5.86. The summed E-state index contributed by atoms with van der Waals surface area (Å²) >= 11 is 0. The molecular weight excluding hydrogens is 234 g/mol. The van der Waals surface area contributed by atoms with E-state index in [0.717, 1.165) is 11.4 Å². The van der Waals surface area contributed by atoms with E-state index in [4.69, 9.17) is 0 Å². The second kappa shape index (κ2) is 5.87. The van der Waals surface area contributed by atoms with Crippen LogP contribution in [0.5, 0.6) is 0 Å². The summed E-state index contributed by atoms with van der Waals surface area (Å²) in [6, 6.07) is 10.3. The molecular formula is C17H23NO. The van der Waals surface area contributed by atoms with Crippen molar-refractivity contribution in [3.05, 3.63) is 60.4 Å². The maximum Gasteiger partial charge on any atom is 0.141 e. The molecule has 0 aromatic heterocycles. The van der Waals surface area contributed by atoms with Crippen LogP contribution in [0.1, 0.15) is 25.8 Å². The first-order chi connectivity index (χ1) is 8.79. The van der Waals surface area contributed by atoms with Crippen LogP contribution in [0.25, 0.3) is 0 Å². The predicted octanol–water partition coefficient (Wildman–Crippen LogP) is 3.94. The van der Waals surface area contributed by atoms with Crippen LogP contribution in [0, 0.1) is 12.3 Å². The van der Waals surface area contributed by atoms with E-state index in [2.05, 4.69) is 32.2 Å². The molecule has 0 radical (unpaired) electrons. The number of ketones is 1. The Hall–Kier alpha value is -1.83. The Bertz CT molecular complexity index is 487. The van der Waals surface area contributed by atoms with Gasteiger partial charge in [-0.1, -0.05) is 49.1 Å². The Morgan fingerprint density at radius 2 is 1.79 bits per heavy atom. The van der Waals surface area contributed by atoms with Crippen molar-refractivity contribution in [2.75, 3.05) is 7.05 Å². The van der Waals surface area contributed by atoms with E-state index in [0.29, 0.717) is 6.42 Å². The highest BCUT2D eigenvalue weighted by Gasteiger charge is 2.41. The Balaban J connectivity index is 0.000000218. The minimum atomic E-state index is -0.411. The van der Waals surface area contributed by atoms with Crippen LogP contribution in [0.15, 0.2) is 54.9 Å². The molecule has 1 heterocycles. The number of carbonyl (C=O) groups excluding carboxylic acids is 1. The van der Waals surface area contributed by atoms with Crippen LogP contribution in [-0.2, 0) is 4.79 Å². The van der Waals surface area contributed by atoms with Gasteiger partial charge < -0.3 is 4.90 Å². The molecule has 0 saturated carbocycles. The van der Waals surface area contributed by atoms with Gasteiger partial charge in [-0.25, -0.2) is 0 Å². The standard InChI is InChI=1S/C10H15NO.C7H8/c1-7-6-10(4,9(3)12)8(2)11(7)5;1-7-5-3-2-4-6-7/h1-2,6H2,3-5H3;2-6H,1H3. The summed E-state index contributed by atoms with van der Waals surface area (Å²) in [5.74, 6) is 0.165. The smallest absolute Gasteiger partial charge is 0.141 e. The molecule has 0 amide bonds. The largest absolute Gasteiger partial charge is 0.352 e. The van der Waals surface area contributed by atoms with Gasteiger partial charge in [-0.15, -0.1) is 0 Å². The molecule has 1 aliphatic heterocycles. The minimum absolute atomic E-state index is 0.165. The van der Waals surface area contributed by atoms with Gasteiger partial charge in [0.15, 0.2) is 0 Å². The van der Waals surface area contributed by atoms with Gasteiger partial charge in [-0.2, -0.15) is 0 Å². The quantitative estimate of drug-likeness (QED) is 0.759. The summed E-state index contributed by atoms with van der Waals surface area (Å²) in [4.78, 5) is 13.2. The third-order valence-corrected chi connectivity index (χ3v) is 3.79. The fourth-order valence-corrected chi connectivity index (χ4v) is 2.05. The van der Waals surface area contributed by atoms with Gasteiger partial charge in [-0.05, 0) is 20.8 Å². The van der Waals surface area contributed by atoms with Crippen LogP contribution >= 0.6 is 0 Å². The zero-order chi connectivity index (χ0) is 14.6. The fourth-order valence-electron chi connectivity index (χ4n) is 2.05. The first-order valence-electron chi connectivity index (χ1n) is 6.42. The van der Waals surface area contributed by atoms with Gasteiger partial charge in [0.1, 0.15) is 5.78 Å². The molecule has 1 aromatic carbocycles. The van der Waals surface area contributed by atoms with Crippen molar-refractivity contribution in [3.8, 4) is 0 Å². The molecule has 0 aliphatic carbocycles. The number of nitrogens with zero attached hydrogens (tertiary/aromatic N) is 1. The summed E-state index contributed by atoms with van der Waals surface area (Å²) in [5, 5.41) is 0. The van der Waals surface area contributed by atoms with Crippen molar-refractivity contribution in [2.45, 2.75) is 27.2 Å². The van der Waals surface area contributed by atoms with E-state index >= 15 is 0 Å². The summed E-state index contributed by atoms with van der Waals surface area (Å²) in [7, 11) is 1.90. The lowest BCUT2D eigenvalue weighted by Gasteiger charge is -2.22. The van der Waals surface area contributed by atoms with Gasteiger partial charge in [0, 0.05) is 24.9 Å². The summed E-state index contributed by atoms with van der Waals surface area (Å²) < 4.78 is 0. The van der Waals surface area contributed by atoms with Gasteiger partial charge >= 0.3 is 0 Å². The maximum atomic E-state index is 11.3. The minimum Gasteiger partial charge on any atom is -0.352 e. The molecule has 2 rings (SSSR count). The molecule has 0 N–H and O–H groups in total. The first-order valence-corrected chi connectivity index (χ1v) is 6.42. The van der Waals surface area contributed by atoms with Gasteiger partial charge in [-0.3, -0.25) is 4.79 Å². The highest BCUT2D eigenvalue weighted by atomic mass is 16.1. The number of rotatable bonds is 1. The molecule has 1 saturated heterocycles. The summed E-state index contributed by atoms with van der Waals surface area (Å²) in [6.07, 6.45) is 0.706. The van der Waals surface area contributed by atoms with Crippen LogP contribution in [0.4, 0.5) is 0 Å². The van der Waals surface area contributed by atoms with Crippen molar-refractivity contribution < 1.29 is 4.79 Å².